The number of halogens is 1. The zero-order chi connectivity index (χ0) is 11.4. The number of aryl methyl sites for hydroxylation is 3. The highest BCUT2D eigenvalue weighted by Gasteiger charge is 2.11. The van der Waals surface area contributed by atoms with E-state index in [1.165, 1.54) is 22.3 Å². The lowest BCUT2D eigenvalue weighted by Crippen LogP contribution is -2.15. The van der Waals surface area contributed by atoms with E-state index in [4.69, 9.17) is 11.5 Å². The molecule has 0 aliphatic heterocycles. The van der Waals surface area contributed by atoms with Gasteiger partial charge in [-0.15, -0.1) is 12.4 Å². The molecule has 92 valence electrons. The normalized spacial score (nSPS) is 12.1. The van der Waals surface area contributed by atoms with E-state index < -0.39 is 0 Å². The van der Waals surface area contributed by atoms with Gasteiger partial charge in [0.2, 0.25) is 0 Å². The second kappa shape index (κ2) is 6.89. The summed E-state index contributed by atoms with van der Waals surface area (Å²) in [6, 6.07) is 4.53. The molecule has 0 bridgehead atoms. The van der Waals surface area contributed by atoms with Gasteiger partial charge in [-0.2, -0.15) is 0 Å². The first kappa shape index (κ1) is 15.4. The fourth-order valence-electron chi connectivity index (χ4n) is 2.26. The molecule has 0 unspecified atom stereocenters. The molecule has 0 spiro atoms. The van der Waals surface area contributed by atoms with Crippen LogP contribution >= 0.6 is 12.4 Å². The Balaban J connectivity index is 0.00000225. The first-order valence-corrected chi connectivity index (χ1v) is 5.59. The van der Waals surface area contributed by atoms with Gasteiger partial charge >= 0.3 is 0 Å². The highest BCUT2D eigenvalue weighted by molar-refractivity contribution is 5.85. The van der Waals surface area contributed by atoms with E-state index in [-0.39, 0.29) is 18.4 Å². The maximum atomic E-state index is 6.18. The standard InChI is InChI=1S/C13H22N2.ClH/c1-9-7-10(2)13(11(3)8-9)12(15)5-4-6-14;/h7-8,12H,4-6,14-15H2,1-3H3;1H/t12-;/m0./s1. The molecule has 0 aliphatic rings. The minimum atomic E-state index is 0. The van der Waals surface area contributed by atoms with Gasteiger partial charge in [-0.05, 0) is 56.8 Å². The monoisotopic (exact) mass is 242 g/mol. The van der Waals surface area contributed by atoms with Crippen molar-refractivity contribution >= 4 is 12.4 Å². The summed E-state index contributed by atoms with van der Waals surface area (Å²) in [5.74, 6) is 0. The third-order valence-electron chi connectivity index (χ3n) is 2.83. The lowest BCUT2D eigenvalue weighted by atomic mass is 9.92. The van der Waals surface area contributed by atoms with Crippen molar-refractivity contribution in [2.45, 2.75) is 39.7 Å². The molecule has 0 heterocycles. The van der Waals surface area contributed by atoms with Crippen LogP contribution in [0.15, 0.2) is 12.1 Å². The summed E-state index contributed by atoms with van der Waals surface area (Å²) < 4.78 is 0. The Labute approximate surface area is 105 Å². The molecule has 0 radical (unpaired) electrons. The van der Waals surface area contributed by atoms with Crippen LogP contribution in [0.4, 0.5) is 0 Å². The molecule has 16 heavy (non-hydrogen) atoms. The number of rotatable bonds is 4. The van der Waals surface area contributed by atoms with Crippen molar-refractivity contribution in [3.05, 3.63) is 34.4 Å². The van der Waals surface area contributed by atoms with Crippen molar-refractivity contribution < 1.29 is 0 Å². The molecular formula is C13H23ClN2. The molecule has 2 nitrogen and oxygen atoms in total. The van der Waals surface area contributed by atoms with Crippen LogP contribution in [-0.4, -0.2) is 6.54 Å². The van der Waals surface area contributed by atoms with Gasteiger partial charge < -0.3 is 11.5 Å². The van der Waals surface area contributed by atoms with Crippen molar-refractivity contribution in [1.29, 1.82) is 0 Å². The van der Waals surface area contributed by atoms with Crippen molar-refractivity contribution in [3.8, 4) is 0 Å². The van der Waals surface area contributed by atoms with Crippen molar-refractivity contribution in [3.63, 3.8) is 0 Å². The third-order valence-corrected chi connectivity index (χ3v) is 2.83. The summed E-state index contributed by atoms with van der Waals surface area (Å²) in [5.41, 5.74) is 16.9. The topological polar surface area (TPSA) is 52.0 Å². The van der Waals surface area contributed by atoms with Crippen LogP contribution in [0.1, 0.15) is 41.1 Å². The molecule has 0 saturated heterocycles. The van der Waals surface area contributed by atoms with Gasteiger partial charge in [-0.3, -0.25) is 0 Å². The SMILES string of the molecule is Cc1cc(C)c([C@@H](N)CCCN)c(C)c1.Cl. The maximum absolute atomic E-state index is 6.18. The molecule has 0 amide bonds. The lowest BCUT2D eigenvalue weighted by molar-refractivity contribution is 0.612. The quantitative estimate of drug-likeness (QED) is 0.853. The van der Waals surface area contributed by atoms with Gasteiger partial charge in [0.15, 0.2) is 0 Å². The third kappa shape index (κ3) is 3.78. The van der Waals surface area contributed by atoms with Crippen LogP contribution in [0.3, 0.4) is 0 Å². The average molecular weight is 243 g/mol. The molecule has 3 heteroatoms. The highest BCUT2D eigenvalue weighted by Crippen LogP contribution is 2.24. The smallest absolute Gasteiger partial charge is 0.0300 e. The molecule has 1 aromatic rings. The van der Waals surface area contributed by atoms with E-state index in [1.807, 2.05) is 0 Å². The first-order chi connectivity index (χ1) is 7.06. The summed E-state index contributed by atoms with van der Waals surface area (Å²) in [6.07, 6.45) is 1.97. The van der Waals surface area contributed by atoms with E-state index in [2.05, 4.69) is 32.9 Å². The maximum Gasteiger partial charge on any atom is 0.0300 e. The zero-order valence-electron chi connectivity index (χ0n) is 10.4. The van der Waals surface area contributed by atoms with Gasteiger partial charge in [0.1, 0.15) is 0 Å². The Morgan fingerprint density at radius 3 is 2.06 bits per heavy atom. The molecule has 0 aromatic heterocycles. The van der Waals surface area contributed by atoms with Crippen molar-refractivity contribution in [2.75, 3.05) is 6.54 Å². The Morgan fingerprint density at radius 2 is 1.62 bits per heavy atom. The molecule has 0 fully saturated rings. The molecule has 4 N–H and O–H groups in total. The Bertz CT molecular complexity index is 314. The summed E-state index contributed by atoms with van der Waals surface area (Å²) in [7, 11) is 0. The zero-order valence-corrected chi connectivity index (χ0v) is 11.2. The number of hydrogen-bond donors (Lipinski definition) is 2. The summed E-state index contributed by atoms with van der Waals surface area (Å²) in [4.78, 5) is 0. The minimum absolute atomic E-state index is 0. The van der Waals surface area contributed by atoms with Crippen LogP contribution in [0.5, 0.6) is 0 Å². The van der Waals surface area contributed by atoms with Gasteiger partial charge in [0, 0.05) is 6.04 Å². The van der Waals surface area contributed by atoms with Crippen LogP contribution in [0.2, 0.25) is 0 Å². The van der Waals surface area contributed by atoms with E-state index in [0.717, 1.165) is 19.4 Å². The van der Waals surface area contributed by atoms with Crippen LogP contribution < -0.4 is 11.5 Å². The largest absolute Gasteiger partial charge is 0.330 e. The van der Waals surface area contributed by atoms with Crippen LogP contribution in [-0.2, 0) is 0 Å². The molecule has 1 aromatic carbocycles. The van der Waals surface area contributed by atoms with Gasteiger partial charge in [0.05, 0.1) is 0 Å². The molecule has 0 saturated carbocycles. The van der Waals surface area contributed by atoms with Crippen molar-refractivity contribution in [1.82, 2.24) is 0 Å². The van der Waals surface area contributed by atoms with E-state index in [1.54, 1.807) is 0 Å². The number of hydrogen-bond acceptors (Lipinski definition) is 2. The first-order valence-electron chi connectivity index (χ1n) is 5.59. The van der Waals surface area contributed by atoms with E-state index >= 15 is 0 Å². The lowest BCUT2D eigenvalue weighted by Gasteiger charge is -2.18. The van der Waals surface area contributed by atoms with E-state index in [9.17, 15) is 0 Å². The second-order valence-electron chi connectivity index (χ2n) is 4.35. The van der Waals surface area contributed by atoms with Gasteiger partial charge in [0.25, 0.3) is 0 Å². The fourth-order valence-corrected chi connectivity index (χ4v) is 2.26. The van der Waals surface area contributed by atoms with Crippen molar-refractivity contribution in [2.24, 2.45) is 11.5 Å². The van der Waals surface area contributed by atoms with Crippen LogP contribution in [0, 0.1) is 20.8 Å². The summed E-state index contributed by atoms with van der Waals surface area (Å²) >= 11 is 0. The average Bonchev–Trinajstić information content (AvgIpc) is 2.12. The summed E-state index contributed by atoms with van der Waals surface area (Å²) in [5, 5.41) is 0. The predicted octanol–water partition coefficient (Wildman–Crippen LogP) is 2.77. The second-order valence-corrected chi connectivity index (χ2v) is 4.35. The molecular weight excluding hydrogens is 220 g/mol. The molecule has 1 atom stereocenters. The number of nitrogens with two attached hydrogens (primary N) is 2. The molecule has 1 rings (SSSR count). The Kier molecular flexibility index (Phi) is 6.65. The Morgan fingerprint density at radius 1 is 1.12 bits per heavy atom. The van der Waals surface area contributed by atoms with Gasteiger partial charge in [-0.1, -0.05) is 17.7 Å². The minimum Gasteiger partial charge on any atom is -0.330 e. The van der Waals surface area contributed by atoms with E-state index in [0.29, 0.717) is 0 Å². The molecule has 0 aliphatic carbocycles. The Hall–Kier alpha value is -0.570. The predicted molar refractivity (Wildman–Crippen MR) is 73.1 cm³/mol. The summed E-state index contributed by atoms with van der Waals surface area (Å²) in [6.45, 7) is 7.11. The fraction of sp³-hybridized carbons (Fsp3) is 0.538. The van der Waals surface area contributed by atoms with Crippen LogP contribution in [0.25, 0.3) is 0 Å². The highest BCUT2D eigenvalue weighted by atomic mass is 35.5. The van der Waals surface area contributed by atoms with Gasteiger partial charge in [-0.25, -0.2) is 0 Å². The number of benzene rings is 1.